The van der Waals surface area contributed by atoms with E-state index in [1.165, 1.54) is 42.6 Å². The first-order chi connectivity index (χ1) is 11.6. The molecule has 2 N–H and O–H groups in total. The number of rotatable bonds is 4. The van der Waals surface area contributed by atoms with Crippen LogP contribution in [0.1, 0.15) is 10.4 Å². The van der Waals surface area contributed by atoms with E-state index in [4.69, 9.17) is 0 Å². The molecule has 6 heteroatoms. The van der Waals surface area contributed by atoms with Crippen molar-refractivity contribution in [2.45, 2.75) is 0 Å². The molecule has 3 aromatic rings. The molecule has 24 heavy (non-hydrogen) atoms. The molecule has 1 heterocycles. The molecule has 0 saturated carbocycles. The van der Waals surface area contributed by atoms with Gasteiger partial charge in [-0.25, -0.2) is 8.78 Å². The maximum Gasteiger partial charge on any atom is 0.257 e. The number of hydrogen-bond donors (Lipinski definition) is 2. The molecule has 120 valence electrons. The fourth-order valence-electron chi connectivity index (χ4n) is 2.07. The quantitative estimate of drug-likeness (QED) is 0.749. The lowest BCUT2D eigenvalue weighted by Gasteiger charge is -2.09. The molecule has 2 aromatic carbocycles. The Balaban J connectivity index is 1.73. The Hall–Kier alpha value is -3.28. The lowest BCUT2D eigenvalue weighted by Crippen LogP contribution is -2.12. The van der Waals surface area contributed by atoms with E-state index in [9.17, 15) is 13.6 Å². The third-order valence-corrected chi connectivity index (χ3v) is 3.24. The fraction of sp³-hybridized carbons (Fsp3) is 0. The lowest BCUT2D eigenvalue weighted by molar-refractivity contribution is 0.102. The normalized spacial score (nSPS) is 10.2. The van der Waals surface area contributed by atoms with E-state index in [0.29, 0.717) is 22.6 Å². The molecule has 0 fully saturated rings. The maximum absolute atomic E-state index is 12.9. The van der Waals surface area contributed by atoms with Gasteiger partial charge in [0.15, 0.2) is 0 Å². The minimum absolute atomic E-state index is 0.328. The van der Waals surface area contributed by atoms with E-state index in [2.05, 4.69) is 15.6 Å². The Morgan fingerprint density at radius 2 is 1.38 bits per heavy atom. The summed E-state index contributed by atoms with van der Waals surface area (Å²) in [6, 6.07) is 12.9. The van der Waals surface area contributed by atoms with Gasteiger partial charge in [-0.3, -0.25) is 9.78 Å². The molecule has 0 aliphatic rings. The van der Waals surface area contributed by atoms with Gasteiger partial charge in [-0.15, -0.1) is 0 Å². The number of hydrogen-bond acceptors (Lipinski definition) is 3. The Morgan fingerprint density at radius 3 is 2.00 bits per heavy atom. The molecule has 0 radical (unpaired) electrons. The van der Waals surface area contributed by atoms with Crippen LogP contribution in [0.2, 0.25) is 0 Å². The summed E-state index contributed by atoms with van der Waals surface area (Å²) in [5.74, 6) is -1.07. The maximum atomic E-state index is 12.9. The van der Waals surface area contributed by atoms with Crippen LogP contribution in [0.3, 0.4) is 0 Å². The highest BCUT2D eigenvalue weighted by atomic mass is 19.1. The molecule has 0 aliphatic heterocycles. The van der Waals surface area contributed by atoms with Crippen LogP contribution in [0.4, 0.5) is 25.8 Å². The van der Waals surface area contributed by atoms with Crippen LogP contribution in [0, 0.1) is 11.6 Å². The summed E-state index contributed by atoms with van der Waals surface area (Å²) in [5, 5.41) is 5.70. The molecule has 0 aliphatic carbocycles. The van der Waals surface area contributed by atoms with Crippen molar-refractivity contribution in [3.63, 3.8) is 0 Å². The largest absolute Gasteiger partial charge is 0.354 e. The van der Waals surface area contributed by atoms with Gasteiger partial charge in [0.2, 0.25) is 0 Å². The van der Waals surface area contributed by atoms with Crippen molar-refractivity contribution in [3.05, 3.63) is 84.2 Å². The standard InChI is InChI=1S/C18H13F2N3O/c19-13-1-5-15(6-2-13)22-17-9-12(10-21-11-17)18(24)23-16-7-3-14(20)4-8-16/h1-11,22H,(H,23,24). The number of carbonyl (C=O) groups excluding carboxylic acids is 1. The number of halogens is 2. The summed E-state index contributed by atoms with van der Waals surface area (Å²) in [6.45, 7) is 0. The lowest BCUT2D eigenvalue weighted by atomic mass is 10.2. The predicted octanol–water partition coefficient (Wildman–Crippen LogP) is 4.36. The van der Waals surface area contributed by atoms with Crippen molar-refractivity contribution in [2.75, 3.05) is 10.6 Å². The van der Waals surface area contributed by atoms with Crippen molar-refractivity contribution in [2.24, 2.45) is 0 Å². The highest BCUT2D eigenvalue weighted by Crippen LogP contribution is 2.18. The van der Waals surface area contributed by atoms with Crippen molar-refractivity contribution < 1.29 is 13.6 Å². The summed E-state index contributed by atoms with van der Waals surface area (Å²) < 4.78 is 25.8. The van der Waals surface area contributed by atoms with Crippen molar-refractivity contribution in [3.8, 4) is 0 Å². The van der Waals surface area contributed by atoms with E-state index in [-0.39, 0.29) is 17.5 Å². The molecular weight excluding hydrogens is 312 g/mol. The highest BCUT2D eigenvalue weighted by Gasteiger charge is 2.08. The van der Waals surface area contributed by atoms with E-state index in [1.807, 2.05) is 0 Å². The van der Waals surface area contributed by atoms with Gasteiger partial charge in [0.05, 0.1) is 17.4 Å². The third-order valence-electron chi connectivity index (χ3n) is 3.24. The monoisotopic (exact) mass is 325 g/mol. The number of aromatic nitrogens is 1. The molecule has 4 nitrogen and oxygen atoms in total. The molecule has 0 bridgehead atoms. The van der Waals surface area contributed by atoms with Gasteiger partial charge >= 0.3 is 0 Å². The number of benzene rings is 2. The Kier molecular flexibility index (Phi) is 4.47. The molecule has 3 rings (SSSR count). The van der Waals surface area contributed by atoms with Gasteiger partial charge in [-0.1, -0.05) is 0 Å². The topological polar surface area (TPSA) is 54.0 Å². The van der Waals surface area contributed by atoms with Crippen LogP contribution in [0.15, 0.2) is 67.0 Å². The third kappa shape index (κ3) is 3.92. The second kappa shape index (κ2) is 6.87. The molecular formula is C18H13F2N3O. The van der Waals surface area contributed by atoms with Crippen molar-refractivity contribution >= 4 is 23.0 Å². The van der Waals surface area contributed by atoms with E-state index in [1.54, 1.807) is 24.4 Å². The first-order valence-electron chi connectivity index (χ1n) is 7.15. The predicted molar refractivity (Wildman–Crippen MR) is 88.3 cm³/mol. The van der Waals surface area contributed by atoms with Gasteiger partial charge in [0, 0.05) is 17.6 Å². The SMILES string of the molecule is O=C(Nc1ccc(F)cc1)c1cncc(Nc2ccc(F)cc2)c1. The Bertz CT molecular complexity index is 849. The highest BCUT2D eigenvalue weighted by molar-refractivity contribution is 6.04. The van der Waals surface area contributed by atoms with Crippen molar-refractivity contribution in [1.82, 2.24) is 4.98 Å². The summed E-state index contributed by atoms with van der Waals surface area (Å²) in [5.41, 5.74) is 2.09. The zero-order valence-corrected chi connectivity index (χ0v) is 12.5. The van der Waals surface area contributed by atoms with Gasteiger partial charge in [0.25, 0.3) is 5.91 Å². The molecule has 1 amide bonds. The Labute approximate surface area is 137 Å². The Morgan fingerprint density at radius 1 is 0.792 bits per heavy atom. The van der Waals surface area contributed by atoms with E-state index < -0.39 is 0 Å². The zero-order valence-electron chi connectivity index (χ0n) is 12.5. The summed E-state index contributed by atoms with van der Waals surface area (Å²) in [6.07, 6.45) is 2.98. The van der Waals surface area contributed by atoms with E-state index >= 15 is 0 Å². The van der Waals surface area contributed by atoms with Crippen LogP contribution >= 0.6 is 0 Å². The summed E-state index contributed by atoms with van der Waals surface area (Å²) in [7, 11) is 0. The number of anilines is 3. The van der Waals surface area contributed by atoms with Gasteiger partial charge < -0.3 is 10.6 Å². The molecule has 1 aromatic heterocycles. The number of carbonyl (C=O) groups is 1. The van der Waals surface area contributed by atoms with Crippen molar-refractivity contribution in [1.29, 1.82) is 0 Å². The van der Waals surface area contributed by atoms with Gasteiger partial charge in [-0.2, -0.15) is 0 Å². The van der Waals surface area contributed by atoms with Crippen LogP contribution in [0.5, 0.6) is 0 Å². The second-order valence-corrected chi connectivity index (χ2v) is 5.06. The minimum Gasteiger partial charge on any atom is -0.354 e. The number of nitrogens with one attached hydrogen (secondary N) is 2. The van der Waals surface area contributed by atoms with Crippen LogP contribution in [-0.2, 0) is 0 Å². The second-order valence-electron chi connectivity index (χ2n) is 5.06. The van der Waals surface area contributed by atoms with Crippen LogP contribution < -0.4 is 10.6 Å². The van der Waals surface area contributed by atoms with Crippen LogP contribution in [0.25, 0.3) is 0 Å². The first kappa shape index (κ1) is 15.6. The van der Waals surface area contributed by atoms with E-state index in [0.717, 1.165) is 0 Å². The first-order valence-corrected chi connectivity index (χ1v) is 7.15. The fourth-order valence-corrected chi connectivity index (χ4v) is 2.07. The van der Waals surface area contributed by atoms with Crippen LogP contribution in [-0.4, -0.2) is 10.9 Å². The zero-order chi connectivity index (χ0) is 16.9. The molecule has 0 saturated heterocycles. The summed E-state index contributed by atoms with van der Waals surface area (Å²) in [4.78, 5) is 16.2. The molecule has 0 atom stereocenters. The number of nitrogens with zero attached hydrogens (tertiary/aromatic N) is 1. The van der Waals surface area contributed by atoms with Gasteiger partial charge in [0.1, 0.15) is 11.6 Å². The number of amides is 1. The number of pyridine rings is 1. The molecule has 0 unspecified atom stereocenters. The summed E-state index contributed by atoms with van der Waals surface area (Å²) >= 11 is 0. The van der Waals surface area contributed by atoms with Gasteiger partial charge in [-0.05, 0) is 54.6 Å². The smallest absolute Gasteiger partial charge is 0.257 e. The molecule has 0 spiro atoms. The average Bonchev–Trinajstić information content (AvgIpc) is 2.59. The minimum atomic E-state index is -0.375. The average molecular weight is 325 g/mol.